The van der Waals surface area contributed by atoms with Gasteiger partial charge in [-0.3, -0.25) is 4.79 Å². The van der Waals surface area contributed by atoms with Crippen LogP contribution >= 0.6 is 0 Å². The molecule has 2 atom stereocenters. The Morgan fingerprint density at radius 1 is 0.880 bits per heavy atom. The molecule has 2 aromatic rings. The summed E-state index contributed by atoms with van der Waals surface area (Å²) in [6.07, 6.45) is 0. The summed E-state index contributed by atoms with van der Waals surface area (Å²) >= 11 is 0. The molecule has 1 N–H and O–H groups in total. The van der Waals surface area contributed by atoms with Crippen LogP contribution in [-0.2, 0) is 4.79 Å². The second-order valence-corrected chi connectivity index (χ2v) is 6.48. The Bertz CT molecular complexity index is 698. The van der Waals surface area contributed by atoms with Gasteiger partial charge in [0, 0.05) is 0 Å². The number of carbonyl (C=O) groups is 1. The molecule has 0 aliphatic carbocycles. The first kappa shape index (κ1) is 18.8. The van der Waals surface area contributed by atoms with Crippen molar-refractivity contribution in [3.05, 3.63) is 59.7 Å². The molecule has 2 unspecified atom stereocenters. The van der Waals surface area contributed by atoms with Crippen LogP contribution in [0.25, 0.3) is 0 Å². The van der Waals surface area contributed by atoms with Gasteiger partial charge in [0.25, 0.3) is 0 Å². The molecule has 0 radical (unpaired) electrons. The van der Waals surface area contributed by atoms with E-state index < -0.39 is 0 Å². The van der Waals surface area contributed by atoms with Crippen molar-refractivity contribution in [1.82, 2.24) is 5.32 Å². The highest BCUT2D eigenvalue weighted by Gasteiger charge is 2.26. The van der Waals surface area contributed by atoms with Gasteiger partial charge in [0.1, 0.15) is 0 Å². The van der Waals surface area contributed by atoms with Crippen LogP contribution in [0.3, 0.4) is 0 Å². The largest absolute Gasteiger partial charge is 0.493 e. The highest BCUT2D eigenvalue weighted by atomic mass is 16.5. The van der Waals surface area contributed by atoms with Crippen molar-refractivity contribution in [3.63, 3.8) is 0 Å². The molecule has 4 heteroatoms. The molecule has 0 saturated heterocycles. The third kappa shape index (κ3) is 4.53. The summed E-state index contributed by atoms with van der Waals surface area (Å²) in [6, 6.07) is 15.6. The number of ether oxygens (including phenoxy) is 2. The van der Waals surface area contributed by atoms with Gasteiger partial charge in [-0.05, 0) is 36.1 Å². The lowest BCUT2D eigenvalue weighted by molar-refractivity contribution is -0.124. The Kier molecular flexibility index (Phi) is 6.45. The Balaban J connectivity index is 2.24. The minimum atomic E-state index is -0.258. The lowest BCUT2D eigenvalue weighted by Gasteiger charge is -2.24. The number of hydrogen-bond acceptors (Lipinski definition) is 3. The highest BCUT2D eigenvalue weighted by molar-refractivity contribution is 5.84. The fourth-order valence-electron chi connectivity index (χ4n) is 3.01. The molecular formula is C21H27NO3. The van der Waals surface area contributed by atoms with Crippen molar-refractivity contribution < 1.29 is 14.3 Å². The van der Waals surface area contributed by atoms with Crippen molar-refractivity contribution in [3.8, 4) is 11.5 Å². The van der Waals surface area contributed by atoms with Gasteiger partial charge in [-0.2, -0.15) is 0 Å². The maximum absolute atomic E-state index is 12.9. The number of amides is 1. The fourth-order valence-corrected chi connectivity index (χ4v) is 3.01. The summed E-state index contributed by atoms with van der Waals surface area (Å²) in [5.74, 6) is 1.20. The van der Waals surface area contributed by atoms with Crippen molar-refractivity contribution in [2.24, 2.45) is 5.92 Å². The van der Waals surface area contributed by atoms with E-state index in [0.717, 1.165) is 11.1 Å². The van der Waals surface area contributed by atoms with E-state index in [-0.39, 0.29) is 23.8 Å². The van der Waals surface area contributed by atoms with Crippen LogP contribution in [0, 0.1) is 5.92 Å². The quantitative estimate of drug-likeness (QED) is 0.816. The van der Waals surface area contributed by atoms with Gasteiger partial charge in [-0.1, -0.05) is 50.2 Å². The number of nitrogens with one attached hydrogen (secondary N) is 1. The zero-order valence-electron chi connectivity index (χ0n) is 15.6. The number of methoxy groups -OCH3 is 2. The molecule has 0 aliphatic rings. The first-order chi connectivity index (χ1) is 12.0. The molecule has 2 rings (SSSR count). The summed E-state index contributed by atoms with van der Waals surface area (Å²) in [4.78, 5) is 12.9. The minimum Gasteiger partial charge on any atom is -0.493 e. The monoisotopic (exact) mass is 341 g/mol. The van der Waals surface area contributed by atoms with Gasteiger partial charge in [0.05, 0.1) is 26.2 Å². The van der Waals surface area contributed by atoms with E-state index in [0.29, 0.717) is 11.5 Å². The van der Waals surface area contributed by atoms with E-state index in [1.54, 1.807) is 14.2 Å². The minimum absolute atomic E-state index is 0.0126. The summed E-state index contributed by atoms with van der Waals surface area (Å²) in [6.45, 7) is 6.10. The van der Waals surface area contributed by atoms with Crippen LogP contribution in [0.5, 0.6) is 11.5 Å². The van der Waals surface area contributed by atoms with Gasteiger partial charge in [-0.15, -0.1) is 0 Å². The molecule has 0 aliphatic heterocycles. The van der Waals surface area contributed by atoms with Crippen LogP contribution in [0.4, 0.5) is 0 Å². The molecule has 0 aromatic heterocycles. The van der Waals surface area contributed by atoms with Gasteiger partial charge < -0.3 is 14.8 Å². The second kappa shape index (κ2) is 8.56. The molecule has 4 nitrogen and oxygen atoms in total. The third-order valence-electron chi connectivity index (χ3n) is 4.37. The van der Waals surface area contributed by atoms with E-state index in [9.17, 15) is 4.79 Å². The predicted molar refractivity (Wildman–Crippen MR) is 100 cm³/mol. The Hall–Kier alpha value is -2.49. The number of hydrogen-bond donors (Lipinski definition) is 1. The van der Waals surface area contributed by atoms with Crippen molar-refractivity contribution in [2.75, 3.05) is 14.2 Å². The average molecular weight is 341 g/mol. The zero-order valence-corrected chi connectivity index (χ0v) is 15.6. The smallest absolute Gasteiger partial charge is 0.228 e. The van der Waals surface area contributed by atoms with Crippen LogP contribution < -0.4 is 14.8 Å². The van der Waals surface area contributed by atoms with Gasteiger partial charge in [-0.25, -0.2) is 0 Å². The van der Waals surface area contributed by atoms with Crippen LogP contribution in [0.2, 0.25) is 0 Å². The SMILES string of the molecule is COc1ccc(C(C(=O)NC(C)c2ccccc2)C(C)C)cc1OC. The summed E-state index contributed by atoms with van der Waals surface area (Å²) in [5, 5.41) is 3.13. The first-order valence-corrected chi connectivity index (χ1v) is 8.55. The number of rotatable bonds is 7. The van der Waals surface area contributed by atoms with E-state index in [1.807, 2.05) is 69.3 Å². The summed E-state index contributed by atoms with van der Waals surface area (Å²) in [5.41, 5.74) is 2.01. The van der Waals surface area contributed by atoms with E-state index in [4.69, 9.17) is 9.47 Å². The maximum Gasteiger partial charge on any atom is 0.228 e. The van der Waals surface area contributed by atoms with Crippen molar-refractivity contribution in [1.29, 1.82) is 0 Å². The van der Waals surface area contributed by atoms with Gasteiger partial charge in [0.2, 0.25) is 5.91 Å². The molecular weight excluding hydrogens is 314 g/mol. The van der Waals surface area contributed by atoms with Crippen LogP contribution in [-0.4, -0.2) is 20.1 Å². The first-order valence-electron chi connectivity index (χ1n) is 8.55. The summed E-state index contributed by atoms with van der Waals surface area (Å²) < 4.78 is 10.7. The van der Waals surface area contributed by atoms with Gasteiger partial charge >= 0.3 is 0 Å². The molecule has 25 heavy (non-hydrogen) atoms. The molecule has 1 amide bonds. The van der Waals surface area contributed by atoms with E-state index in [1.165, 1.54) is 0 Å². The molecule has 0 heterocycles. The Morgan fingerprint density at radius 3 is 2.08 bits per heavy atom. The number of benzene rings is 2. The highest BCUT2D eigenvalue weighted by Crippen LogP contribution is 2.33. The maximum atomic E-state index is 12.9. The van der Waals surface area contributed by atoms with Crippen molar-refractivity contribution >= 4 is 5.91 Å². The normalized spacial score (nSPS) is 13.2. The summed E-state index contributed by atoms with van der Waals surface area (Å²) in [7, 11) is 3.20. The topological polar surface area (TPSA) is 47.6 Å². The molecule has 0 spiro atoms. The second-order valence-electron chi connectivity index (χ2n) is 6.48. The van der Waals surface area contributed by atoms with Gasteiger partial charge in [0.15, 0.2) is 11.5 Å². The van der Waals surface area contributed by atoms with E-state index in [2.05, 4.69) is 5.32 Å². The third-order valence-corrected chi connectivity index (χ3v) is 4.37. The molecule has 0 fully saturated rings. The Labute approximate surface area is 150 Å². The fraction of sp³-hybridized carbons (Fsp3) is 0.381. The predicted octanol–water partition coefficient (Wildman–Crippen LogP) is 4.32. The van der Waals surface area contributed by atoms with E-state index >= 15 is 0 Å². The standard InChI is InChI=1S/C21H27NO3/c1-14(2)20(17-11-12-18(24-4)19(13-17)25-5)21(23)22-15(3)16-9-7-6-8-10-16/h6-15,20H,1-5H3,(H,22,23). The lowest BCUT2D eigenvalue weighted by Crippen LogP contribution is -2.34. The van der Waals surface area contributed by atoms with Crippen LogP contribution in [0.1, 0.15) is 43.9 Å². The zero-order chi connectivity index (χ0) is 18.4. The van der Waals surface area contributed by atoms with Crippen molar-refractivity contribution in [2.45, 2.75) is 32.7 Å². The lowest BCUT2D eigenvalue weighted by atomic mass is 9.87. The molecule has 2 aromatic carbocycles. The van der Waals surface area contributed by atoms with Crippen LogP contribution in [0.15, 0.2) is 48.5 Å². The number of carbonyl (C=O) groups excluding carboxylic acids is 1. The average Bonchev–Trinajstić information content (AvgIpc) is 2.62. The molecule has 0 bridgehead atoms. The Morgan fingerprint density at radius 2 is 1.52 bits per heavy atom. The molecule has 134 valence electrons. The molecule has 0 saturated carbocycles.